The first-order valence-corrected chi connectivity index (χ1v) is 9.90. The lowest BCUT2D eigenvalue weighted by Gasteiger charge is -2.24. The van der Waals surface area contributed by atoms with Crippen LogP contribution in [-0.2, 0) is 10.0 Å². The number of benzene rings is 2. The molecule has 0 radical (unpaired) electrons. The van der Waals surface area contributed by atoms with Gasteiger partial charge in [-0.25, -0.2) is 17.2 Å². The molecule has 0 aromatic heterocycles. The summed E-state index contributed by atoms with van der Waals surface area (Å²) in [5, 5.41) is 0.615. The molecule has 3 nitrogen and oxygen atoms in total. The monoisotopic (exact) mass is 385 g/mol. The van der Waals surface area contributed by atoms with Crippen LogP contribution in [-0.4, -0.2) is 25.8 Å². The van der Waals surface area contributed by atoms with Gasteiger partial charge < -0.3 is 0 Å². The van der Waals surface area contributed by atoms with Crippen LogP contribution in [0.4, 0.5) is 8.78 Å². The molecule has 134 valence electrons. The minimum absolute atomic E-state index is 0.00818. The highest BCUT2D eigenvalue weighted by Crippen LogP contribution is 2.31. The molecule has 1 atom stereocenters. The summed E-state index contributed by atoms with van der Waals surface area (Å²) < 4.78 is 54.4. The van der Waals surface area contributed by atoms with Crippen LogP contribution < -0.4 is 0 Å². The molecule has 0 amide bonds. The van der Waals surface area contributed by atoms with Crippen LogP contribution in [0.1, 0.15) is 30.7 Å². The topological polar surface area (TPSA) is 37.4 Å². The molecule has 0 N–H and O–H groups in total. The van der Waals surface area contributed by atoms with Crippen molar-refractivity contribution in [1.29, 1.82) is 0 Å². The van der Waals surface area contributed by atoms with Crippen molar-refractivity contribution in [2.45, 2.75) is 30.1 Å². The largest absolute Gasteiger partial charge is 0.246 e. The van der Waals surface area contributed by atoms with Gasteiger partial charge in [0.1, 0.15) is 16.5 Å². The van der Waals surface area contributed by atoms with E-state index in [9.17, 15) is 17.2 Å². The van der Waals surface area contributed by atoms with Gasteiger partial charge in [-0.3, -0.25) is 0 Å². The molecule has 1 aliphatic rings. The third kappa shape index (κ3) is 4.02. The molecular formula is C18H18ClF2NO2S. The Kier molecular flexibility index (Phi) is 5.41. The summed E-state index contributed by atoms with van der Waals surface area (Å²) in [5.74, 6) is -1.72. The van der Waals surface area contributed by atoms with Crippen LogP contribution in [0.25, 0.3) is 0 Å². The summed E-state index contributed by atoms with van der Waals surface area (Å²) >= 11 is 5.91. The summed E-state index contributed by atoms with van der Waals surface area (Å²) in [5.41, 5.74) is 0.992. The fraction of sp³-hybridized carbons (Fsp3) is 0.333. The van der Waals surface area contributed by atoms with Crippen molar-refractivity contribution in [3.8, 4) is 0 Å². The number of hydrogen-bond donors (Lipinski definition) is 0. The summed E-state index contributed by atoms with van der Waals surface area (Å²) in [7, 11) is -4.10. The molecule has 25 heavy (non-hydrogen) atoms. The fourth-order valence-corrected chi connectivity index (χ4v) is 4.87. The van der Waals surface area contributed by atoms with Crippen molar-refractivity contribution in [1.82, 2.24) is 4.31 Å². The SMILES string of the molecule is O=S(=O)(c1cc(F)ccc1F)N1CCCCC(c2ccc(Cl)cc2)C1. The van der Waals surface area contributed by atoms with E-state index in [2.05, 4.69) is 0 Å². The Hall–Kier alpha value is -1.50. The standard InChI is InChI=1S/C18H18ClF2NO2S/c19-15-6-4-13(5-7-15)14-3-1-2-10-22(12-14)25(23,24)18-11-16(20)8-9-17(18)21/h4-9,11,14H,1-3,10,12H2. The molecule has 0 aliphatic carbocycles. The summed E-state index contributed by atoms with van der Waals surface area (Å²) in [6, 6.07) is 9.80. The van der Waals surface area contributed by atoms with Crippen LogP contribution in [0, 0.1) is 11.6 Å². The summed E-state index contributed by atoms with van der Waals surface area (Å²) in [6.07, 6.45) is 2.38. The van der Waals surface area contributed by atoms with E-state index in [-0.39, 0.29) is 12.5 Å². The lowest BCUT2D eigenvalue weighted by molar-refractivity contribution is 0.402. The second-order valence-corrected chi connectivity index (χ2v) is 8.52. The Labute approximate surface area is 151 Å². The highest BCUT2D eigenvalue weighted by molar-refractivity contribution is 7.89. The van der Waals surface area contributed by atoms with E-state index in [1.807, 2.05) is 12.1 Å². The number of nitrogens with zero attached hydrogens (tertiary/aromatic N) is 1. The zero-order chi connectivity index (χ0) is 18.0. The molecule has 0 spiro atoms. The molecule has 1 unspecified atom stereocenters. The van der Waals surface area contributed by atoms with Crippen LogP contribution in [0.15, 0.2) is 47.4 Å². The average Bonchev–Trinajstić information content (AvgIpc) is 2.84. The van der Waals surface area contributed by atoms with Crippen LogP contribution in [0.5, 0.6) is 0 Å². The minimum atomic E-state index is -4.10. The Bertz CT molecular complexity index is 856. The lowest BCUT2D eigenvalue weighted by atomic mass is 9.95. The van der Waals surface area contributed by atoms with E-state index in [0.29, 0.717) is 18.0 Å². The van der Waals surface area contributed by atoms with E-state index in [0.717, 1.165) is 36.6 Å². The van der Waals surface area contributed by atoms with Crippen molar-refractivity contribution < 1.29 is 17.2 Å². The maximum Gasteiger partial charge on any atom is 0.246 e. The predicted octanol–water partition coefficient (Wildman–Crippen LogP) is 4.58. The molecule has 0 saturated carbocycles. The smallest absolute Gasteiger partial charge is 0.207 e. The van der Waals surface area contributed by atoms with Gasteiger partial charge in [0.15, 0.2) is 0 Å². The molecule has 1 heterocycles. The van der Waals surface area contributed by atoms with Crippen molar-refractivity contribution in [3.63, 3.8) is 0 Å². The van der Waals surface area contributed by atoms with Crippen LogP contribution in [0.2, 0.25) is 5.02 Å². The maximum atomic E-state index is 14.0. The zero-order valence-corrected chi connectivity index (χ0v) is 15.0. The Morgan fingerprint density at radius 3 is 2.48 bits per heavy atom. The Morgan fingerprint density at radius 1 is 1.04 bits per heavy atom. The van der Waals surface area contributed by atoms with Gasteiger partial charge in [0, 0.05) is 18.1 Å². The van der Waals surface area contributed by atoms with E-state index < -0.39 is 26.6 Å². The Morgan fingerprint density at radius 2 is 1.76 bits per heavy atom. The van der Waals surface area contributed by atoms with E-state index in [4.69, 9.17) is 11.6 Å². The van der Waals surface area contributed by atoms with E-state index >= 15 is 0 Å². The highest BCUT2D eigenvalue weighted by Gasteiger charge is 2.31. The van der Waals surface area contributed by atoms with E-state index in [1.165, 1.54) is 4.31 Å². The van der Waals surface area contributed by atoms with Gasteiger partial charge in [0.25, 0.3) is 0 Å². The van der Waals surface area contributed by atoms with Gasteiger partial charge in [-0.05, 0) is 54.7 Å². The van der Waals surface area contributed by atoms with Gasteiger partial charge in [-0.2, -0.15) is 4.31 Å². The molecule has 7 heteroatoms. The second kappa shape index (κ2) is 7.40. The molecule has 2 aromatic rings. The van der Waals surface area contributed by atoms with Crippen molar-refractivity contribution in [2.75, 3.05) is 13.1 Å². The Balaban J connectivity index is 1.92. The van der Waals surface area contributed by atoms with Crippen LogP contribution >= 0.6 is 11.6 Å². The van der Waals surface area contributed by atoms with Crippen molar-refractivity contribution in [3.05, 3.63) is 64.7 Å². The predicted molar refractivity (Wildman–Crippen MR) is 93.2 cm³/mol. The first-order chi connectivity index (χ1) is 11.9. The summed E-state index contributed by atoms with van der Waals surface area (Å²) in [4.78, 5) is -0.607. The number of hydrogen-bond acceptors (Lipinski definition) is 2. The van der Waals surface area contributed by atoms with Gasteiger partial charge >= 0.3 is 0 Å². The molecule has 2 aromatic carbocycles. The summed E-state index contributed by atoms with van der Waals surface area (Å²) in [6.45, 7) is 0.530. The third-order valence-corrected chi connectivity index (χ3v) is 6.62. The molecular weight excluding hydrogens is 368 g/mol. The lowest BCUT2D eigenvalue weighted by Crippen LogP contribution is -2.34. The quantitative estimate of drug-likeness (QED) is 0.775. The van der Waals surface area contributed by atoms with Gasteiger partial charge in [-0.1, -0.05) is 30.2 Å². The molecule has 1 aliphatic heterocycles. The van der Waals surface area contributed by atoms with Crippen molar-refractivity contribution in [2.24, 2.45) is 0 Å². The number of rotatable bonds is 3. The first kappa shape index (κ1) is 18.3. The van der Waals surface area contributed by atoms with Gasteiger partial charge in [0.2, 0.25) is 10.0 Å². The fourth-order valence-electron chi connectivity index (χ4n) is 3.15. The van der Waals surface area contributed by atoms with Gasteiger partial charge in [0.05, 0.1) is 0 Å². The average molecular weight is 386 g/mol. The molecule has 3 rings (SSSR count). The molecule has 1 saturated heterocycles. The van der Waals surface area contributed by atoms with Crippen LogP contribution in [0.3, 0.4) is 0 Å². The number of sulfonamides is 1. The maximum absolute atomic E-state index is 14.0. The molecule has 0 bridgehead atoms. The zero-order valence-electron chi connectivity index (χ0n) is 13.5. The second-order valence-electron chi connectivity index (χ2n) is 6.18. The normalized spacial score (nSPS) is 19.6. The van der Waals surface area contributed by atoms with E-state index in [1.54, 1.807) is 12.1 Å². The number of halogens is 3. The third-order valence-electron chi connectivity index (χ3n) is 4.49. The minimum Gasteiger partial charge on any atom is -0.207 e. The first-order valence-electron chi connectivity index (χ1n) is 8.08. The highest BCUT2D eigenvalue weighted by atomic mass is 35.5. The van der Waals surface area contributed by atoms with Crippen molar-refractivity contribution >= 4 is 21.6 Å². The van der Waals surface area contributed by atoms with Gasteiger partial charge in [-0.15, -0.1) is 0 Å². The molecule has 1 fully saturated rings.